The fraction of sp³-hybridized carbons (Fsp3) is 0.409. The summed E-state index contributed by atoms with van der Waals surface area (Å²) in [5.41, 5.74) is 0.0319. The fourth-order valence-corrected chi connectivity index (χ4v) is 3.71. The van der Waals surface area contributed by atoms with Crippen LogP contribution in [0.2, 0.25) is 0 Å². The smallest absolute Gasteiger partial charge is 0.257 e. The van der Waals surface area contributed by atoms with Crippen molar-refractivity contribution in [2.45, 2.75) is 30.7 Å². The molecule has 1 saturated heterocycles. The second-order valence-electron chi connectivity index (χ2n) is 7.05. The number of amides is 2. The molecule has 0 spiro atoms. The van der Waals surface area contributed by atoms with E-state index in [1.165, 1.54) is 0 Å². The Morgan fingerprint density at radius 1 is 1.29 bits per heavy atom. The van der Waals surface area contributed by atoms with Gasteiger partial charge in [0.2, 0.25) is 11.8 Å². The number of ether oxygens (including phenoxy) is 2. The molecule has 0 aliphatic carbocycles. The van der Waals surface area contributed by atoms with Gasteiger partial charge in [0.15, 0.2) is 0 Å². The molecule has 166 valence electrons. The van der Waals surface area contributed by atoms with Crippen LogP contribution in [0.5, 0.6) is 11.6 Å². The summed E-state index contributed by atoms with van der Waals surface area (Å²) in [5, 5.41) is 2.91. The summed E-state index contributed by atoms with van der Waals surface area (Å²) in [6.45, 7) is 3.47. The molecule has 0 unspecified atom stereocenters. The number of carbonyl (C=O) groups is 2. The van der Waals surface area contributed by atoms with Crippen LogP contribution in [0.25, 0.3) is 0 Å². The molecule has 0 radical (unpaired) electrons. The summed E-state index contributed by atoms with van der Waals surface area (Å²) in [6, 6.07) is 8.35. The molecule has 1 aromatic carbocycles. The molecule has 3 rings (SSSR count). The maximum absolute atomic E-state index is 13.8. The molecular formula is C22H26FN3O4S. The summed E-state index contributed by atoms with van der Waals surface area (Å²) in [7, 11) is 0. The first-order valence-corrected chi connectivity index (χ1v) is 11.4. The summed E-state index contributed by atoms with van der Waals surface area (Å²) < 4.78 is 24.8. The lowest BCUT2D eigenvalue weighted by molar-refractivity contribution is -0.137. The molecule has 1 N–H and O–H groups in total. The van der Waals surface area contributed by atoms with Gasteiger partial charge in [0.25, 0.3) is 5.91 Å². The van der Waals surface area contributed by atoms with Crippen LogP contribution >= 0.6 is 11.8 Å². The topological polar surface area (TPSA) is 80.8 Å². The van der Waals surface area contributed by atoms with E-state index in [1.54, 1.807) is 22.7 Å². The lowest BCUT2D eigenvalue weighted by atomic mass is 10.0. The number of halogens is 1. The summed E-state index contributed by atoms with van der Waals surface area (Å²) >= 11 is 1.56. The SMILES string of the molecule is CCOCC(=O)N1CCC(NC(=O)c2cc(F)cnc2Oc2cccc(SC)c2)CC1. The Morgan fingerprint density at radius 2 is 2.06 bits per heavy atom. The Labute approximate surface area is 185 Å². The zero-order valence-electron chi connectivity index (χ0n) is 17.6. The number of hydrogen-bond acceptors (Lipinski definition) is 6. The van der Waals surface area contributed by atoms with Crippen LogP contribution in [0.1, 0.15) is 30.1 Å². The lowest BCUT2D eigenvalue weighted by Crippen LogP contribution is -2.47. The van der Waals surface area contributed by atoms with E-state index in [9.17, 15) is 14.0 Å². The Kier molecular flexibility index (Phi) is 8.25. The minimum Gasteiger partial charge on any atom is -0.438 e. The van der Waals surface area contributed by atoms with E-state index in [2.05, 4.69) is 10.3 Å². The van der Waals surface area contributed by atoms with Crippen molar-refractivity contribution in [2.75, 3.05) is 32.6 Å². The Balaban J connectivity index is 1.64. The zero-order chi connectivity index (χ0) is 22.2. The van der Waals surface area contributed by atoms with Crippen molar-refractivity contribution in [1.82, 2.24) is 15.2 Å². The Morgan fingerprint density at radius 3 is 2.77 bits per heavy atom. The van der Waals surface area contributed by atoms with Crippen LogP contribution in [0.3, 0.4) is 0 Å². The highest BCUT2D eigenvalue weighted by atomic mass is 32.2. The minimum atomic E-state index is -0.619. The van der Waals surface area contributed by atoms with E-state index in [4.69, 9.17) is 9.47 Å². The van der Waals surface area contributed by atoms with E-state index < -0.39 is 11.7 Å². The summed E-state index contributed by atoms with van der Waals surface area (Å²) in [5.74, 6) is -0.569. The van der Waals surface area contributed by atoms with E-state index in [0.717, 1.165) is 17.2 Å². The molecule has 0 atom stereocenters. The number of hydrogen-bond donors (Lipinski definition) is 1. The van der Waals surface area contributed by atoms with Crippen molar-refractivity contribution in [3.05, 3.63) is 47.9 Å². The number of piperidine rings is 1. The first-order chi connectivity index (χ1) is 15.0. The predicted molar refractivity (Wildman–Crippen MR) is 116 cm³/mol. The number of thioether (sulfide) groups is 1. The molecule has 0 saturated carbocycles. The van der Waals surface area contributed by atoms with Crippen molar-refractivity contribution in [1.29, 1.82) is 0 Å². The first-order valence-electron chi connectivity index (χ1n) is 10.1. The van der Waals surface area contributed by atoms with Gasteiger partial charge in [-0.25, -0.2) is 9.37 Å². The van der Waals surface area contributed by atoms with Crippen molar-refractivity contribution >= 4 is 23.6 Å². The van der Waals surface area contributed by atoms with E-state index in [1.807, 2.05) is 31.4 Å². The van der Waals surface area contributed by atoms with Gasteiger partial charge in [-0.2, -0.15) is 0 Å². The zero-order valence-corrected chi connectivity index (χ0v) is 18.4. The summed E-state index contributed by atoms with van der Waals surface area (Å²) in [4.78, 5) is 31.6. The van der Waals surface area contributed by atoms with Crippen molar-refractivity contribution in [3.8, 4) is 11.6 Å². The third-order valence-corrected chi connectivity index (χ3v) is 5.66. The van der Waals surface area contributed by atoms with Gasteiger partial charge in [-0.1, -0.05) is 6.07 Å². The van der Waals surface area contributed by atoms with Gasteiger partial charge in [-0.15, -0.1) is 11.8 Å². The normalized spacial score (nSPS) is 14.4. The standard InChI is InChI=1S/C22H26FN3O4S/c1-3-29-14-20(27)26-9-7-16(8-10-26)25-21(28)19-11-15(23)13-24-22(19)30-17-5-4-6-18(12-17)31-2/h4-6,11-13,16H,3,7-10,14H2,1-2H3,(H,25,28). The number of nitrogens with zero attached hydrogens (tertiary/aromatic N) is 2. The number of nitrogens with one attached hydrogen (secondary N) is 1. The molecule has 1 fully saturated rings. The minimum absolute atomic E-state index is 0.0319. The molecule has 2 heterocycles. The monoisotopic (exact) mass is 447 g/mol. The lowest BCUT2D eigenvalue weighted by Gasteiger charge is -2.32. The highest BCUT2D eigenvalue weighted by molar-refractivity contribution is 7.98. The molecule has 9 heteroatoms. The molecule has 2 amide bonds. The molecule has 1 aromatic heterocycles. The van der Waals surface area contributed by atoms with Gasteiger partial charge >= 0.3 is 0 Å². The highest BCUT2D eigenvalue weighted by Crippen LogP contribution is 2.27. The fourth-order valence-electron chi connectivity index (χ4n) is 3.26. The van der Waals surface area contributed by atoms with E-state index in [-0.39, 0.29) is 30.0 Å². The van der Waals surface area contributed by atoms with Gasteiger partial charge in [0.1, 0.15) is 23.7 Å². The van der Waals surface area contributed by atoms with Crippen LogP contribution in [0.4, 0.5) is 4.39 Å². The van der Waals surface area contributed by atoms with Crippen molar-refractivity contribution in [2.24, 2.45) is 0 Å². The van der Waals surface area contributed by atoms with Crippen molar-refractivity contribution in [3.63, 3.8) is 0 Å². The maximum Gasteiger partial charge on any atom is 0.257 e. The van der Waals surface area contributed by atoms with Crippen LogP contribution in [-0.4, -0.2) is 60.3 Å². The number of pyridine rings is 1. The van der Waals surface area contributed by atoms with Gasteiger partial charge < -0.3 is 19.7 Å². The molecular weight excluding hydrogens is 421 g/mol. The van der Waals surface area contributed by atoms with Crippen LogP contribution in [0.15, 0.2) is 41.4 Å². The summed E-state index contributed by atoms with van der Waals surface area (Å²) in [6.07, 6.45) is 4.19. The average Bonchev–Trinajstić information content (AvgIpc) is 2.79. The van der Waals surface area contributed by atoms with Gasteiger partial charge in [-0.3, -0.25) is 9.59 Å². The van der Waals surface area contributed by atoms with E-state index >= 15 is 0 Å². The highest BCUT2D eigenvalue weighted by Gasteiger charge is 2.25. The second kappa shape index (κ2) is 11.1. The van der Waals surface area contributed by atoms with Gasteiger partial charge in [0, 0.05) is 30.6 Å². The molecule has 0 bridgehead atoms. The average molecular weight is 448 g/mol. The molecule has 2 aromatic rings. The second-order valence-corrected chi connectivity index (χ2v) is 7.93. The van der Waals surface area contributed by atoms with Crippen molar-refractivity contribution < 1.29 is 23.5 Å². The largest absolute Gasteiger partial charge is 0.438 e. The predicted octanol–water partition coefficient (Wildman–Crippen LogP) is 3.49. The quantitative estimate of drug-likeness (QED) is 0.624. The number of aromatic nitrogens is 1. The maximum atomic E-state index is 13.8. The number of likely N-dealkylation sites (tertiary alicyclic amines) is 1. The molecule has 1 aliphatic rings. The Bertz CT molecular complexity index is 919. The number of benzene rings is 1. The Hall–Kier alpha value is -2.65. The van der Waals surface area contributed by atoms with Crippen LogP contribution in [-0.2, 0) is 9.53 Å². The van der Waals surface area contributed by atoms with Gasteiger partial charge in [0.05, 0.1) is 6.20 Å². The third kappa shape index (κ3) is 6.41. The number of carbonyl (C=O) groups excluding carboxylic acids is 2. The molecule has 7 nitrogen and oxygen atoms in total. The first kappa shape index (κ1) is 23.0. The van der Waals surface area contributed by atoms with Crippen LogP contribution < -0.4 is 10.1 Å². The van der Waals surface area contributed by atoms with Crippen LogP contribution in [0, 0.1) is 5.82 Å². The van der Waals surface area contributed by atoms with E-state index in [0.29, 0.717) is 38.3 Å². The van der Waals surface area contributed by atoms with Gasteiger partial charge in [-0.05, 0) is 50.3 Å². The molecule has 1 aliphatic heterocycles. The number of rotatable bonds is 8. The molecule has 31 heavy (non-hydrogen) atoms. The third-order valence-electron chi connectivity index (χ3n) is 4.93.